The number of esters is 2. The Morgan fingerprint density at radius 3 is 2.41 bits per heavy atom. The predicted molar refractivity (Wildman–Crippen MR) is 196 cm³/mol. The van der Waals surface area contributed by atoms with Crippen molar-refractivity contribution in [3.05, 3.63) is 60.2 Å². The Morgan fingerprint density at radius 1 is 0.964 bits per heavy atom. The average molecular weight is 781 g/mol. The third-order valence-electron chi connectivity index (χ3n) is 15.4. The lowest BCUT2D eigenvalue weighted by Gasteiger charge is -2.74. The van der Waals surface area contributed by atoms with E-state index in [0.717, 1.165) is 0 Å². The van der Waals surface area contributed by atoms with E-state index in [-0.39, 0.29) is 55.3 Å². The number of fused-ring (bicyclic) bond motifs is 3. The van der Waals surface area contributed by atoms with Crippen LogP contribution < -0.4 is 0 Å². The largest absolute Gasteiger partial charge is 0.458 e. The maximum absolute atomic E-state index is 13.5. The summed E-state index contributed by atoms with van der Waals surface area (Å²) >= 11 is 0. The third kappa shape index (κ3) is 5.05. The molecule has 5 heterocycles. The van der Waals surface area contributed by atoms with E-state index in [1.807, 2.05) is 39.0 Å². The van der Waals surface area contributed by atoms with Crippen molar-refractivity contribution in [2.45, 2.75) is 144 Å². The Morgan fingerprint density at radius 2 is 1.70 bits per heavy atom. The molecule has 4 saturated heterocycles. The van der Waals surface area contributed by atoms with Crippen LogP contribution in [0.4, 0.5) is 0 Å². The van der Waals surface area contributed by atoms with Crippen molar-refractivity contribution in [1.29, 1.82) is 0 Å². The number of carbonyl (C=O) groups is 2. The summed E-state index contributed by atoms with van der Waals surface area (Å²) in [6.45, 7) is 8.76. The maximum Gasteiger partial charge on any atom is 0.331 e. The summed E-state index contributed by atoms with van der Waals surface area (Å²) in [5, 5.41) is 62.8. The van der Waals surface area contributed by atoms with E-state index in [9.17, 15) is 35.1 Å². The van der Waals surface area contributed by atoms with Crippen LogP contribution in [0.5, 0.6) is 0 Å². The van der Waals surface area contributed by atoms with Gasteiger partial charge in [-0.1, -0.05) is 70.2 Å². The summed E-state index contributed by atoms with van der Waals surface area (Å²) < 4.78 is 39.3. The number of aliphatic hydroxyl groups is 5. The van der Waals surface area contributed by atoms with Crippen molar-refractivity contribution in [1.82, 2.24) is 0 Å². The second-order valence-electron chi connectivity index (χ2n) is 18.7. The molecule has 4 aliphatic carbocycles. The SMILES string of the molecule is CC(C)CC(=O)OC1/C=C/C=C/C(=O)OC2CCC3C2(O)C(O)C2(CO)OC2C2C4OC5(c6ccccc6)OC(C(C)C23O5)C4(O)C(C)(O)CC2CCC1C2C. The Labute approximate surface area is 326 Å². The average Bonchev–Trinajstić information content (AvgIpc) is 3.66. The molecule has 10 rings (SSSR count). The zero-order chi connectivity index (χ0) is 39.8. The standard InChI is InChI=1S/C43H56O13/c1-22(2)19-32(46)51-28-13-9-10-14-31(45)52-30-18-17-29-40(30,49)37(47)39(21-44)35(53-39)33-36-42(50,38(5,48)20-25-15-16-27(28)23(25)3)34-24(4)41(29,33)56-43(54-34,55-36)26-11-7-6-8-12-26/h6-14,22-25,27-30,33-37,44,47-50H,15-21H2,1-5H3/b13-9+,14-10+. The van der Waals surface area contributed by atoms with E-state index in [1.165, 1.54) is 12.2 Å². The summed E-state index contributed by atoms with van der Waals surface area (Å²) in [6, 6.07) is 9.03. The van der Waals surface area contributed by atoms with Crippen molar-refractivity contribution in [2.24, 2.45) is 41.4 Å². The smallest absolute Gasteiger partial charge is 0.331 e. The molecule has 9 aliphatic rings. The van der Waals surface area contributed by atoms with E-state index in [1.54, 1.807) is 31.2 Å². The molecule has 1 spiro atoms. The van der Waals surface area contributed by atoms with Crippen LogP contribution in [-0.4, -0.2) is 109 Å². The van der Waals surface area contributed by atoms with Crippen molar-refractivity contribution >= 4 is 11.9 Å². The molecule has 1 aromatic rings. The molecule has 13 heteroatoms. The van der Waals surface area contributed by atoms with Gasteiger partial charge in [-0.05, 0) is 62.9 Å². The van der Waals surface area contributed by atoms with Crippen LogP contribution in [0.1, 0.15) is 78.7 Å². The molecule has 0 amide bonds. The number of benzene rings is 1. The topological polar surface area (TPSA) is 194 Å². The summed E-state index contributed by atoms with van der Waals surface area (Å²) in [4.78, 5) is 26.6. The zero-order valence-electron chi connectivity index (χ0n) is 32.7. The zero-order valence-corrected chi connectivity index (χ0v) is 32.7. The normalized spacial score (nSPS) is 53.8. The van der Waals surface area contributed by atoms with Gasteiger partial charge in [0.1, 0.15) is 53.4 Å². The first-order valence-corrected chi connectivity index (χ1v) is 20.5. The second-order valence-corrected chi connectivity index (χ2v) is 18.7. The van der Waals surface area contributed by atoms with Gasteiger partial charge in [-0.2, -0.15) is 0 Å². The quantitative estimate of drug-likeness (QED) is 0.217. The van der Waals surface area contributed by atoms with E-state index >= 15 is 0 Å². The summed E-state index contributed by atoms with van der Waals surface area (Å²) in [6.07, 6.45) is 1.39. The third-order valence-corrected chi connectivity index (χ3v) is 15.4. The lowest BCUT2D eigenvalue weighted by atomic mass is 9.49. The van der Waals surface area contributed by atoms with Crippen LogP contribution >= 0.6 is 0 Å². The Balaban J connectivity index is 1.21. The van der Waals surface area contributed by atoms with Gasteiger partial charge in [0, 0.05) is 41.7 Å². The van der Waals surface area contributed by atoms with E-state index in [0.29, 0.717) is 18.4 Å². The minimum absolute atomic E-state index is 0.0587. The van der Waals surface area contributed by atoms with Crippen LogP contribution in [0.25, 0.3) is 0 Å². The van der Waals surface area contributed by atoms with Crippen LogP contribution in [0.3, 0.4) is 0 Å². The van der Waals surface area contributed by atoms with Crippen molar-refractivity contribution in [3.8, 4) is 0 Å². The highest BCUT2D eigenvalue weighted by Gasteiger charge is 2.90. The number of hydrogen-bond acceptors (Lipinski definition) is 13. The summed E-state index contributed by atoms with van der Waals surface area (Å²) in [5.74, 6) is -5.74. The molecule has 5 aliphatic heterocycles. The van der Waals surface area contributed by atoms with Crippen LogP contribution in [0, 0.1) is 41.4 Å². The number of ether oxygens (including phenoxy) is 6. The monoisotopic (exact) mass is 780 g/mol. The number of rotatable bonds is 5. The fraction of sp³-hybridized carbons (Fsp3) is 0.721. The van der Waals surface area contributed by atoms with Gasteiger partial charge in [-0.25, -0.2) is 4.79 Å². The Bertz CT molecular complexity index is 1800. The van der Waals surface area contributed by atoms with Gasteiger partial charge in [-0.15, -0.1) is 0 Å². The molecule has 1 aromatic carbocycles. The van der Waals surface area contributed by atoms with E-state index < -0.39 is 101 Å². The van der Waals surface area contributed by atoms with E-state index in [2.05, 4.69) is 6.92 Å². The number of allylic oxidation sites excluding steroid dienone is 2. The maximum atomic E-state index is 13.5. The lowest BCUT2D eigenvalue weighted by molar-refractivity contribution is -0.595. The Kier molecular flexibility index (Phi) is 8.93. The minimum Gasteiger partial charge on any atom is -0.458 e. The molecule has 5 N–H and O–H groups in total. The summed E-state index contributed by atoms with van der Waals surface area (Å²) in [7, 11) is 0. The second kappa shape index (κ2) is 12.9. The van der Waals surface area contributed by atoms with Crippen LogP contribution in [0.15, 0.2) is 54.6 Å². The Hall–Kier alpha value is -2.72. The van der Waals surface area contributed by atoms with Gasteiger partial charge >= 0.3 is 17.9 Å². The van der Waals surface area contributed by atoms with Crippen molar-refractivity contribution < 1.29 is 63.5 Å². The molecule has 4 saturated carbocycles. The molecule has 0 aromatic heterocycles. The van der Waals surface area contributed by atoms with Gasteiger partial charge in [0.2, 0.25) is 0 Å². The number of epoxide rings is 1. The molecule has 306 valence electrons. The van der Waals surface area contributed by atoms with Gasteiger partial charge in [0.25, 0.3) is 0 Å². The van der Waals surface area contributed by atoms with Crippen molar-refractivity contribution in [3.63, 3.8) is 0 Å². The predicted octanol–water partition coefficient (Wildman–Crippen LogP) is 2.79. The fourth-order valence-electron chi connectivity index (χ4n) is 12.7. The molecular weight excluding hydrogens is 724 g/mol. The molecule has 10 bridgehead atoms. The number of hydrogen-bond donors (Lipinski definition) is 5. The fourth-order valence-corrected chi connectivity index (χ4v) is 12.7. The molecule has 0 radical (unpaired) electrons. The highest BCUT2D eigenvalue weighted by atomic mass is 16.9. The first-order chi connectivity index (χ1) is 26.5. The lowest BCUT2D eigenvalue weighted by Crippen LogP contribution is -2.89. The molecular formula is C43H56O13. The molecule has 56 heavy (non-hydrogen) atoms. The minimum atomic E-state index is -2.18. The highest BCUT2D eigenvalue weighted by molar-refractivity contribution is 5.82. The van der Waals surface area contributed by atoms with Gasteiger partial charge in [-0.3, -0.25) is 4.79 Å². The first-order valence-electron chi connectivity index (χ1n) is 20.5. The van der Waals surface area contributed by atoms with Crippen molar-refractivity contribution in [2.75, 3.05) is 6.61 Å². The molecule has 18 atom stereocenters. The van der Waals surface area contributed by atoms with Crippen LogP contribution in [-0.2, 0) is 44.0 Å². The number of carbonyl (C=O) groups excluding carboxylic acids is 2. The summed E-state index contributed by atoms with van der Waals surface area (Å²) in [5.41, 5.74) is -8.74. The number of aliphatic hydroxyl groups excluding tert-OH is 2. The molecule has 8 fully saturated rings. The van der Waals surface area contributed by atoms with E-state index in [4.69, 9.17) is 28.4 Å². The van der Waals surface area contributed by atoms with Gasteiger partial charge < -0.3 is 54.0 Å². The van der Waals surface area contributed by atoms with Gasteiger partial charge in [0.05, 0.1) is 17.8 Å². The molecule has 18 unspecified atom stereocenters. The van der Waals surface area contributed by atoms with Gasteiger partial charge in [0.15, 0.2) is 0 Å². The first kappa shape index (κ1) is 38.8. The molecule has 13 nitrogen and oxygen atoms in total. The van der Waals surface area contributed by atoms with Crippen LogP contribution in [0.2, 0.25) is 0 Å². The highest BCUT2D eigenvalue weighted by Crippen LogP contribution is 2.74.